The molecular formula is C22H26O7. The molecule has 3 aliphatic heterocycles. The largest absolute Gasteiger partial charge is 0.472 e. The number of furan rings is 1. The number of rotatable bonds is 2. The van der Waals surface area contributed by atoms with Crippen LogP contribution >= 0.6 is 0 Å². The molecule has 0 aromatic carbocycles. The molecule has 8 atom stereocenters. The molecule has 8 unspecified atom stereocenters. The van der Waals surface area contributed by atoms with E-state index in [2.05, 4.69) is 6.92 Å². The molecule has 156 valence electrons. The van der Waals surface area contributed by atoms with Crippen LogP contribution in [0, 0.1) is 22.7 Å². The number of carbonyl (C=O) groups is 2. The van der Waals surface area contributed by atoms with Crippen LogP contribution < -0.4 is 0 Å². The third kappa shape index (κ3) is 2.04. The van der Waals surface area contributed by atoms with E-state index in [1.165, 1.54) is 6.92 Å². The minimum atomic E-state index is -0.761. The zero-order chi connectivity index (χ0) is 20.0. The van der Waals surface area contributed by atoms with E-state index in [1.807, 2.05) is 6.07 Å². The van der Waals surface area contributed by atoms with E-state index in [9.17, 15) is 9.59 Å². The first-order chi connectivity index (χ1) is 13.9. The minimum absolute atomic E-state index is 0.0937. The maximum absolute atomic E-state index is 13.6. The number of ketones is 1. The van der Waals surface area contributed by atoms with Crippen LogP contribution in [0.15, 0.2) is 23.0 Å². The summed E-state index contributed by atoms with van der Waals surface area (Å²) in [5.74, 6) is 0.109. The number of ether oxygens (including phenoxy) is 4. The van der Waals surface area contributed by atoms with Crippen molar-refractivity contribution in [3.05, 3.63) is 24.2 Å². The molecule has 2 bridgehead atoms. The minimum Gasteiger partial charge on any atom is -0.472 e. The smallest absolute Gasteiger partial charge is 0.303 e. The van der Waals surface area contributed by atoms with Crippen LogP contribution in [0.5, 0.6) is 0 Å². The van der Waals surface area contributed by atoms with Gasteiger partial charge in [-0.25, -0.2) is 0 Å². The summed E-state index contributed by atoms with van der Waals surface area (Å²) in [7, 11) is 0. The summed E-state index contributed by atoms with van der Waals surface area (Å²) < 4.78 is 29.7. The highest BCUT2D eigenvalue weighted by molar-refractivity contribution is 5.89. The average molecular weight is 402 g/mol. The monoisotopic (exact) mass is 402 g/mol. The zero-order valence-corrected chi connectivity index (χ0v) is 16.7. The van der Waals surface area contributed by atoms with Crippen molar-refractivity contribution >= 4 is 11.8 Å². The lowest BCUT2D eigenvalue weighted by atomic mass is 9.41. The molecule has 0 amide bonds. The first-order valence-electron chi connectivity index (χ1n) is 10.6. The molecular weight excluding hydrogens is 376 g/mol. The van der Waals surface area contributed by atoms with Gasteiger partial charge in [0, 0.05) is 24.3 Å². The predicted molar refractivity (Wildman–Crippen MR) is 97.5 cm³/mol. The van der Waals surface area contributed by atoms with Crippen LogP contribution in [0.4, 0.5) is 0 Å². The Bertz CT molecular complexity index is 859. The third-order valence-corrected chi connectivity index (χ3v) is 8.55. The lowest BCUT2D eigenvalue weighted by Gasteiger charge is -2.64. The van der Waals surface area contributed by atoms with E-state index in [0.29, 0.717) is 19.4 Å². The first kappa shape index (κ1) is 18.1. The Balaban J connectivity index is 1.44. The molecule has 6 rings (SSSR count). The first-order valence-corrected chi connectivity index (χ1v) is 10.6. The zero-order valence-electron chi connectivity index (χ0n) is 16.7. The van der Waals surface area contributed by atoms with Gasteiger partial charge in [-0.15, -0.1) is 0 Å². The van der Waals surface area contributed by atoms with Crippen molar-refractivity contribution in [1.82, 2.24) is 0 Å². The Kier molecular flexibility index (Phi) is 3.56. The Morgan fingerprint density at radius 3 is 2.79 bits per heavy atom. The number of carbonyl (C=O) groups excluding carboxylic acids is 2. The van der Waals surface area contributed by atoms with Gasteiger partial charge in [0.2, 0.25) is 0 Å². The molecule has 0 radical (unpaired) electrons. The second-order valence-electron chi connectivity index (χ2n) is 9.55. The molecule has 5 aliphatic rings. The van der Waals surface area contributed by atoms with Gasteiger partial charge in [-0.1, -0.05) is 6.92 Å². The highest BCUT2D eigenvalue weighted by Gasteiger charge is 2.82. The molecule has 29 heavy (non-hydrogen) atoms. The van der Waals surface area contributed by atoms with Gasteiger partial charge in [0.05, 0.1) is 37.3 Å². The molecule has 7 heteroatoms. The fourth-order valence-corrected chi connectivity index (χ4v) is 7.25. The van der Waals surface area contributed by atoms with Crippen molar-refractivity contribution in [2.24, 2.45) is 22.7 Å². The van der Waals surface area contributed by atoms with Crippen LogP contribution in [0.2, 0.25) is 0 Å². The van der Waals surface area contributed by atoms with Crippen LogP contribution in [-0.4, -0.2) is 43.0 Å². The Morgan fingerprint density at radius 2 is 2.10 bits per heavy atom. The summed E-state index contributed by atoms with van der Waals surface area (Å²) in [5.41, 5.74) is -0.750. The van der Waals surface area contributed by atoms with E-state index in [1.54, 1.807) is 12.5 Å². The summed E-state index contributed by atoms with van der Waals surface area (Å²) in [6, 6.07) is 1.94. The quantitative estimate of drug-likeness (QED) is 0.555. The molecule has 1 aromatic rings. The molecule has 1 aromatic heterocycles. The van der Waals surface area contributed by atoms with Crippen molar-refractivity contribution in [1.29, 1.82) is 0 Å². The van der Waals surface area contributed by atoms with Gasteiger partial charge in [-0.05, 0) is 37.2 Å². The number of Topliss-reactive ketones (excluding diaryl/α,β-unsaturated/α-hetero) is 1. The van der Waals surface area contributed by atoms with Crippen LogP contribution in [0.3, 0.4) is 0 Å². The third-order valence-electron chi connectivity index (χ3n) is 8.55. The topological polar surface area (TPSA) is 87.5 Å². The summed E-state index contributed by atoms with van der Waals surface area (Å²) in [6.45, 7) is 4.28. The van der Waals surface area contributed by atoms with Crippen molar-refractivity contribution in [3.63, 3.8) is 0 Å². The summed E-state index contributed by atoms with van der Waals surface area (Å²) in [4.78, 5) is 25.3. The summed E-state index contributed by atoms with van der Waals surface area (Å²) >= 11 is 0. The molecule has 4 heterocycles. The van der Waals surface area contributed by atoms with E-state index >= 15 is 0 Å². The fraction of sp³-hybridized carbons (Fsp3) is 0.727. The Morgan fingerprint density at radius 1 is 1.28 bits per heavy atom. The number of hydrogen-bond donors (Lipinski definition) is 0. The molecule has 2 spiro atoms. The van der Waals surface area contributed by atoms with Gasteiger partial charge in [0.25, 0.3) is 0 Å². The van der Waals surface area contributed by atoms with E-state index in [0.717, 1.165) is 18.4 Å². The van der Waals surface area contributed by atoms with Gasteiger partial charge in [0.1, 0.15) is 17.5 Å². The van der Waals surface area contributed by atoms with Gasteiger partial charge < -0.3 is 23.4 Å². The van der Waals surface area contributed by atoms with Crippen LogP contribution in [-0.2, 0) is 28.5 Å². The number of hydrogen-bond acceptors (Lipinski definition) is 7. The van der Waals surface area contributed by atoms with E-state index < -0.39 is 17.1 Å². The predicted octanol–water partition coefficient (Wildman–Crippen LogP) is 2.79. The summed E-state index contributed by atoms with van der Waals surface area (Å²) in [6.07, 6.45) is 5.34. The average Bonchev–Trinajstić information content (AvgIpc) is 3.13. The molecule has 5 fully saturated rings. The highest BCUT2D eigenvalue weighted by atomic mass is 16.7. The molecule has 3 saturated heterocycles. The standard InChI is InChI=1S/C22H26O7/c1-12-7-17(24)21-10-26-19-20(12,8-15(29-19)14-5-6-25-9-14)16(21)3-4-18(28-13(2)23)22(21)11-27-22/h5-6,9,12,15-16,18-19H,3-4,7-8,10-11H2,1-2H3. The normalized spacial score (nSPS) is 50.1. The summed E-state index contributed by atoms with van der Waals surface area (Å²) in [5, 5.41) is 0. The lowest BCUT2D eigenvalue weighted by Crippen LogP contribution is -2.73. The molecule has 7 nitrogen and oxygen atoms in total. The Labute approximate surface area is 169 Å². The van der Waals surface area contributed by atoms with Crippen LogP contribution in [0.1, 0.15) is 51.2 Å². The van der Waals surface area contributed by atoms with E-state index in [-0.39, 0.29) is 48.0 Å². The second kappa shape index (κ2) is 5.71. The SMILES string of the molecule is CC(=O)OC1CCC2C34CC(c5ccoc5)OC3OCC2(C(=O)CC4C)C12CO2. The van der Waals surface area contributed by atoms with Crippen molar-refractivity contribution < 1.29 is 33.0 Å². The number of epoxide rings is 1. The Hall–Kier alpha value is -1.70. The van der Waals surface area contributed by atoms with Gasteiger partial charge in [-0.3, -0.25) is 9.59 Å². The maximum Gasteiger partial charge on any atom is 0.303 e. The van der Waals surface area contributed by atoms with Crippen molar-refractivity contribution in [3.8, 4) is 0 Å². The lowest BCUT2D eigenvalue weighted by molar-refractivity contribution is -0.301. The number of esters is 1. The van der Waals surface area contributed by atoms with Crippen molar-refractivity contribution in [2.75, 3.05) is 13.2 Å². The van der Waals surface area contributed by atoms with Crippen molar-refractivity contribution in [2.45, 2.75) is 63.6 Å². The van der Waals surface area contributed by atoms with Gasteiger partial charge in [0.15, 0.2) is 6.29 Å². The molecule has 2 aliphatic carbocycles. The maximum atomic E-state index is 13.6. The molecule has 2 saturated carbocycles. The highest BCUT2D eigenvalue weighted by Crippen LogP contribution is 2.73. The molecule has 0 N–H and O–H groups in total. The fourth-order valence-electron chi connectivity index (χ4n) is 7.25. The van der Waals surface area contributed by atoms with Crippen LogP contribution in [0.25, 0.3) is 0 Å². The second-order valence-corrected chi connectivity index (χ2v) is 9.55. The van der Waals surface area contributed by atoms with Gasteiger partial charge in [-0.2, -0.15) is 0 Å². The van der Waals surface area contributed by atoms with E-state index in [4.69, 9.17) is 23.4 Å². The van der Waals surface area contributed by atoms with Gasteiger partial charge >= 0.3 is 5.97 Å².